The number of aliphatic carboxylic acids is 2. The van der Waals surface area contributed by atoms with E-state index in [2.05, 4.69) is 10.3 Å². The number of amides is 2. The van der Waals surface area contributed by atoms with Crippen LogP contribution >= 0.6 is 0 Å². The average molecular weight is 420 g/mol. The van der Waals surface area contributed by atoms with Gasteiger partial charge in [0, 0.05) is 17.1 Å². The van der Waals surface area contributed by atoms with Crippen molar-refractivity contribution < 1.29 is 34.5 Å². The number of carbonyl (C=O) groups excluding carboxylic acids is 2. The SMILES string of the molecule is C[C@@H](O)[C@H](NC(=O)[C@H](CC(=O)O)NC(=O)[C@@H](N)Cc1c[nH]c2ccccc12)C(=O)O. The number of benzene rings is 1. The highest BCUT2D eigenvalue weighted by atomic mass is 16.4. The van der Waals surface area contributed by atoms with Gasteiger partial charge in [0.05, 0.1) is 18.6 Å². The molecule has 162 valence electrons. The second-order valence-electron chi connectivity index (χ2n) is 6.89. The maximum absolute atomic E-state index is 12.5. The Bertz CT molecular complexity index is 940. The first-order chi connectivity index (χ1) is 14.1. The highest BCUT2D eigenvalue weighted by molar-refractivity contribution is 5.94. The van der Waals surface area contributed by atoms with Crippen LogP contribution in [0, 0.1) is 0 Å². The zero-order valence-electron chi connectivity index (χ0n) is 16.2. The van der Waals surface area contributed by atoms with Crippen molar-refractivity contribution in [3.8, 4) is 0 Å². The van der Waals surface area contributed by atoms with Crippen molar-refractivity contribution in [1.29, 1.82) is 0 Å². The summed E-state index contributed by atoms with van der Waals surface area (Å²) in [6, 6.07) is 3.09. The summed E-state index contributed by atoms with van der Waals surface area (Å²) in [4.78, 5) is 50.1. The van der Waals surface area contributed by atoms with Crippen LogP contribution in [0.1, 0.15) is 18.9 Å². The molecule has 2 aromatic rings. The molecule has 0 saturated carbocycles. The highest BCUT2D eigenvalue weighted by Gasteiger charge is 2.31. The molecule has 0 aliphatic rings. The van der Waals surface area contributed by atoms with E-state index in [1.807, 2.05) is 29.6 Å². The minimum Gasteiger partial charge on any atom is -0.481 e. The summed E-state index contributed by atoms with van der Waals surface area (Å²) in [7, 11) is 0. The van der Waals surface area contributed by atoms with E-state index in [-0.39, 0.29) is 6.42 Å². The predicted molar refractivity (Wildman–Crippen MR) is 105 cm³/mol. The summed E-state index contributed by atoms with van der Waals surface area (Å²) >= 11 is 0. The van der Waals surface area contributed by atoms with Crippen LogP contribution in [0.4, 0.5) is 0 Å². The molecule has 0 aliphatic heterocycles. The van der Waals surface area contributed by atoms with Gasteiger partial charge in [-0.05, 0) is 25.0 Å². The molecule has 0 radical (unpaired) electrons. The summed E-state index contributed by atoms with van der Waals surface area (Å²) < 4.78 is 0. The Morgan fingerprint density at radius 1 is 1.10 bits per heavy atom. The first kappa shape index (κ1) is 22.8. The minimum atomic E-state index is -1.66. The lowest BCUT2D eigenvalue weighted by Crippen LogP contribution is -2.57. The first-order valence-electron chi connectivity index (χ1n) is 9.14. The number of fused-ring (bicyclic) bond motifs is 1. The van der Waals surface area contributed by atoms with E-state index in [0.717, 1.165) is 23.4 Å². The molecule has 2 rings (SSSR count). The van der Waals surface area contributed by atoms with E-state index in [1.165, 1.54) is 0 Å². The zero-order chi connectivity index (χ0) is 22.4. The van der Waals surface area contributed by atoms with E-state index in [4.69, 9.17) is 15.9 Å². The van der Waals surface area contributed by atoms with E-state index in [1.54, 1.807) is 6.20 Å². The number of carboxylic acids is 2. The summed E-state index contributed by atoms with van der Waals surface area (Å²) in [5.41, 5.74) is 7.57. The second kappa shape index (κ2) is 9.85. The van der Waals surface area contributed by atoms with Crippen LogP contribution in [0.2, 0.25) is 0 Å². The Morgan fingerprint density at radius 2 is 1.77 bits per heavy atom. The van der Waals surface area contributed by atoms with Crippen molar-refractivity contribution in [2.75, 3.05) is 0 Å². The Morgan fingerprint density at radius 3 is 2.37 bits per heavy atom. The van der Waals surface area contributed by atoms with Crippen LogP contribution in [0.15, 0.2) is 30.5 Å². The van der Waals surface area contributed by atoms with E-state index >= 15 is 0 Å². The third-order valence-electron chi connectivity index (χ3n) is 4.51. The third-order valence-corrected chi connectivity index (χ3v) is 4.51. The number of aromatic amines is 1. The highest BCUT2D eigenvalue weighted by Crippen LogP contribution is 2.18. The van der Waals surface area contributed by atoms with E-state index in [0.29, 0.717) is 0 Å². The van der Waals surface area contributed by atoms with Crippen molar-refractivity contribution in [2.24, 2.45) is 5.73 Å². The topological polar surface area (TPSA) is 195 Å². The van der Waals surface area contributed by atoms with Gasteiger partial charge < -0.3 is 36.7 Å². The summed E-state index contributed by atoms with van der Waals surface area (Å²) in [6.45, 7) is 1.15. The van der Waals surface area contributed by atoms with Crippen molar-refractivity contribution >= 4 is 34.7 Å². The number of aliphatic hydroxyl groups excluding tert-OH is 1. The van der Waals surface area contributed by atoms with Gasteiger partial charge >= 0.3 is 11.9 Å². The molecule has 30 heavy (non-hydrogen) atoms. The van der Waals surface area contributed by atoms with Gasteiger partial charge in [0.1, 0.15) is 6.04 Å². The molecule has 0 bridgehead atoms. The molecule has 1 heterocycles. The van der Waals surface area contributed by atoms with Gasteiger partial charge in [0.15, 0.2) is 6.04 Å². The number of carbonyl (C=O) groups is 4. The molecule has 1 aromatic carbocycles. The first-order valence-corrected chi connectivity index (χ1v) is 9.14. The normalized spacial score (nSPS) is 15.0. The fourth-order valence-electron chi connectivity index (χ4n) is 2.94. The smallest absolute Gasteiger partial charge is 0.328 e. The molecule has 4 atom stereocenters. The molecular formula is C19H24N4O7. The Hall–Kier alpha value is -3.44. The van der Waals surface area contributed by atoms with Crippen molar-refractivity contribution in [2.45, 2.75) is 44.0 Å². The summed E-state index contributed by atoms with van der Waals surface area (Å²) in [6.07, 6.45) is -0.386. The maximum atomic E-state index is 12.5. The van der Waals surface area contributed by atoms with Crippen LogP contribution in [-0.2, 0) is 25.6 Å². The molecule has 8 N–H and O–H groups in total. The molecule has 0 unspecified atom stereocenters. The van der Waals surface area contributed by atoms with Gasteiger partial charge in [-0.25, -0.2) is 4.79 Å². The fourth-order valence-corrected chi connectivity index (χ4v) is 2.94. The number of rotatable bonds is 10. The summed E-state index contributed by atoms with van der Waals surface area (Å²) in [5.74, 6) is -4.72. The molecule has 0 fully saturated rings. The second-order valence-corrected chi connectivity index (χ2v) is 6.89. The molecule has 0 spiro atoms. The number of para-hydroxylation sites is 1. The van der Waals surface area contributed by atoms with Gasteiger partial charge in [-0.2, -0.15) is 0 Å². The predicted octanol–water partition coefficient (Wildman–Crippen LogP) is -1.05. The van der Waals surface area contributed by atoms with E-state index < -0.39 is 54.4 Å². The molecule has 2 amide bonds. The standard InChI is InChI=1S/C19H24N4O7/c1-9(24)16(19(29)30)23-18(28)14(7-15(25)26)22-17(27)12(20)6-10-8-21-13-5-3-2-4-11(10)13/h2-5,8-9,12,14,16,21,24H,6-7,20H2,1H3,(H,22,27)(H,23,28)(H,25,26)(H,29,30)/t9-,12+,14+,16+/m1/s1. The van der Waals surface area contributed by atoms with E-state index in [9.17, 15) is 24.3 Å². The van der Waals surface area contributed by atoms with Gasteiger partial charge in [-0.1, -0.05) is 18.2 Å². The van der Waals surface area contributed by atoms with Crippen LogP contribution in [0.3, 0.4) is 0 Å². The lowest BCUT2D eigenvalue weighted by Gasteiger charge is -2.23. The summed E-state index contributed by atoms with van der Waals surface area (Å²) in [5, 5.41) is 32.7. The lowest BCUT2D eigenvalue weighted by molar-refractivity contribution is -0.145. The molecule has 0 saturated heterocycles. The number of hydrogen-bond acceptors (Lipinski definition) is 6. The lowest BCUT2D eigenvalue weighted by atomic mass is 10.0. The van der Waals surface area contributed by atoms with Crippen molar-refractivity contribution in [3.63, 3.8) is 0 Å². The molecule has 1 aromatic heterocycles. The number of nitrogens with one attached hydrogen (secondary N) is 3. The Balaban J connectivity index is 2.08. The van der Waals surface area contributed by atoms with Crippen LogP contribution in [-0.4, -0.2) is 68.3 Å². The van der Waals surface area contributed by atoms with Crippen LogP contribution in [0.25, 0.3) is 10.9 Å². The molecule has 11 heteroatoms. The Labute approximate surface area is 171 Å². The Kier molecular flexibility index (Phi) is 7.50. The number of hydrogen-bond donors (Lipinski definition) is 7. The maximum Gasteiger partial charge on any atom is 0.328 e. The number of aliphatic hydroxyl groups is 1. The minimum absolute atomic E-state index is 0.128. The van der Waals surface area contributed by atoms with Crippen molar-refractivity contribution in [1.82, 2.24) is 15.6 Å². The third kappa shape index (κ3) is 5.78. The van der Waals surface area contributed by atoms with Crippen LogP contribution < -0.4 is 16.4 Å². The average Bonchev–Trinajstić information content (AvgIpc) is 3.07. The zero-order valence-corrected chi connectivity index (χ0v) is 16.2. The molecular weight excluding hydrogens is 396 g/mol. The van der Waals surface area contributed by atoms with Gasteiger partial charge in [0.2, 0.25) is 11.8 Å². The molecule has 11 nitrogen and oxygen atoms in total. The molecule has 0 aliphatic carbocycles. The van der Waals surface area contributed by atoms with Crippen LogP contribution in [0.5, 0.6) is 0 Å². The largest absolute Gasteiger partial charge is 0.481 e. The fraction of sp³-hybridized carbons (Fsp3) is 0.368. The number of H-pyrrole nitrogens is 1. The quantitative estimate of drug-likeness (QED) is 0.253. The number of nitrogens with two attached hydrogens (primary N) is 1. The monoisotopic (exact) mass is 420 g/mol. The number of aromatic nitrogens is 1. The van der Waals surface area contributed by atoms with Gasteiger partial charge in [-0.3, -0.25) is 14.4 Å². The van der Waals surface area contributed by atoms with Crippen molar-refractivity contribution in [3.05, 3.63) is 36.0 Å². The van der Waals surface area contributed by atoms with Gasteiger partial charge in [-0.15, -0.1) is 0 Å². The van der Waals surface area contributed by atoms with Gasteiger partial charge in [0.25, 0.3) is 0 Å². The number of carboxylic acid groups (broad SMARTS) is 2.